The largest absolute Gasteiger partial charge is 0.454 e. The van der Waals surface area contributed by atoms with Crippen LogP contribution < -0.4 is 15.2 Å². The van der Waals surface area contributed by atoms with Crippen LogP contribution in [0.1, 0.15) is 37.8 Å². The molecule has 1 aliphatic heterocycles. The Labute approximate surface area is 116 Å². The number of fused-ring (bicyclic) bond motifs is 1. The number of rotatable bonds is 3. The van der Waals surface area contributed by atoms with Crippen molar-refractivity contribution < 1.29 is 9.47 Å². The maximum absolute atomic E-state index is 6.20. The first kappa shape index (κ1) is 12.3. The fourth-order valence-electron chi connectivity index (χ4n) is 2.94. The standard InChI is InChI=1S/C14H18BrNO2/c1-3-9-10(14(4-5-14)8(2)16)6-11-13(12(9)15)18-7-17-11/h6,8H,3-5,7,16H2,1-2H3. The molecule has 0 bridgehead atoms. The van der Waals surface area contributed by atoms with Gasteiger partial charge in [0.15, 0.2) is 11.5 Å². The molecule has 0 amide bonds. The van der Waals surface area contributed by atoms with Crippen LogP contribution in [-0.2, 0) is 11.8 Å². The van der Waals surface area contributed by atoms with Crippen LogP contribution >= 0.6 is 15.9 Å². The van der Waals surface area contributed by atoms with Crippen molar-refractivity contribution in [2.24, 2.45) is 5.73 Å². The molecule has 1 aromatic carbocycles. The number of hydrogen-bond donors (Lipinski definition) is 1. The first-order valence-electron chi connectivity index (χ1n) is 6.47. The second-order valence-corrected chi connectivity index (χ2v) is 6.04. The predicted molar refractivity (Wildman–Crippen MR) is 74.2 cm³/mol. The fraction of sp³-hybridized carbons (Fsp3) is 0.571. The average molecular weight is 312 g/mol. The topological polar surface area (TPSA) is 44.5 Å². The van der Waals surface area contributed by atoms with Crippen LogP contribution in [0.5, 0.6) is 11.5 Å². The molecule has 0 spiro atoms. The van der Waals surface area contributed by atoms with Crippen LogP contribution in [0.25, 0.3) is 0 Å². The van der Waals surface area contributed by atoms with E-state index < -0.39 is 0 Å². The fourth-order valence-corrected chi connectivity index (χ4v) is 3.74. The van der Waals surface area contributed by atoms with Crippen LogP contribution in [0.15, 0.2) is 10.5 Å². The van der Waals surface area contributed by atoms with Crippen LogP contribution in [0.4, 0.5) is 0 Å². The van der Waals surface area contributed by atoms with Crippen molar-refractivity contribution in [1.29, 1.82) is 0 Å². The quantitative estimate of drug-likeness (QED) is 0.932. The van der Waals surface area contributed by atoms with E-state index in [1.54, 1.807) is 0 Å². The Balaban J connectivity index is 2.18. The van der Waals surface area contributed by atoms with Crippen molar-refractivity contribution in [2.45, 2.75) is 44.6 Å². The van der Waals surface area contributed by atoms with Gasteiger partial charge in [-0.2, -0.15) is 0 Å². The maximum Gasteiger partial charge on any atom is 0.231 e. The number of halogens is 1. The summed E-state index contributed by atoms with van der Waals surface area (Å²) in [5.41, 5.74) is 9.00. The molecule has 0 saturated heterocycles. The Kier molecular flexibility index (Phi) is 2.83. The summed E-state index contributed by atoms with van der Waals surface area (Å²) in [5.74, 6) is 1.69. The molecule has 1 unspecified atom stereocenters. The Morgan fingerprint density at radius 2 is 2.17 bits per heavy atom. The molecule has 3 nitrogen and oxygen atoms in total. The number of nitrogens with two attached hydrogens (primary N) is 1. The van der Waals surface area contributed by atoms with E-state index in [0.29, 0.717) is 6.79 Å². The summed E-state index contributed by atoms with van der Waals surface area (Å²) in [6.45, 7) is 4.58. The van der Waals surface area contributed by atoms with Gasteiger partial charge in [-0.3, -0.25) is 0 Å². The highest BCUT2D eigenvalue weighted by atomic mass is 79.9. The number of benzene rings is 1. The molecule has 18 heavy (non-hydrogen) atoms. The third kappa shape index (κ3) is 1.58. The highest BCUT2D eigenvalue weighted by Gasteiger charge is 2.49. The van der Waals surface area contributed by atoms with E-state index in [0.717, 1.165) is 22.4 Å². The van der Waals surface area contributed by atoms with E-state index in [1.165, 1.54) is 24.0 Å². The summed E-state index contributed by atoms with van der Waals surface area (Å²) in [6, 6.07) is 2.32. The molecule has 1 saturated carbocycles. The van der Waals surface area contributed by atoms with Crippen molar-refractivity contribution in [3.63, 3.8) is 0 Å². The van der Waals surface area contributed by atoms with Crippen LogP contribution in [0.3, 0.4) is 0 Å². The molecule has 2 aliphatic rings. The van der Waals surface area contributed by atoms with Crippen molar-refractivity contribution in [3.8, 4) is 11.5 Å². The first-order chi connectivity index (χ1) is 8.60. The van der Waals surface area contributed by atoms with Gasteiger partial charge in [0.25, 0.3) is 0 Å². The molecular weight excluding hydrogens is 294 g/mol. The minimum Gasteiger partial charge on any atom is -0.454 e. The Bertz CT molecular complexity index is 495. The molecule has 3 rings (SSSR count). The van der Waals surface area contributed by atoms with Gasteiger partial charge in [-0.25, -0.2) is 0 Å². The second-order valence-electron chi connectivity index (χ2n) is 5.25. The van der Waals surface area contributed by atoms with Crippen LogP contribution in [0, 0.1) is 0 Å². The molecule has 1 heterocycles. The summed E-state index contributed by atoms with van der Waals surface area (Å²) >= 11 is 3.67. The molecule has 1 fully saturated rings. The lowest BCUT2D eigenvalue weighted by Crippen LogP contribution is -2.32. The van der Waals surface area contributed by atoms with Gasteiger partial charge in [0.2, 0.25) is 6.79 Å². The first-order valence-corrected chi connectivity index (χ1v) is 7.26. The van der Waals surface area contributed by atoms with Crippen molar-refractivity contribution in [1.82, 2.24) is 0 Å². The highest BCUT2D eigenvalue weighted by Crippen LogP contribution is 2.55. The third-order valence-corrected chi connectivity index (χ3v) is 5.10. The third-order valence-electron chi connectivity index (χ3n) is 4.26. The maximum atomic E-state index is 6.20. The Morgan fingerprint density at radius 1 is 1.44 bits per heavy atom. The lowest BCUT2D eigenvalue weighted by molar-refractivity contribution is 0.173. The van der Waals surface area contributed by atoms with Gasteiger partial charge >= 0.3 is 0 Å². The molecule has 4 heteroatoms. The smallest absolute Gasteiger partial charge is 0.231 e. The number of ether oxygens (including phenoxy) is 2. The summed E-state index contributed by atoms with van der Waals surface area (Å²) in [5, 5.41) is 0. The van der Waals surface area contributed by atoms with Gasteiger partial charge in [0, 0.05) is 11.5 Å². The second kappa shape index (κ2) is 4.14. The van der Waals surface area contributed by atoms with E-state index in [-0.39, 0.29) is 11.5 Å². The molecular formula is C14H18BrNO2. The summed E-state index contributed by atoms with van der Waals surface area (Å²) < 4.78 is 12.1. The van der Waals surface area contributed by atoms with E-state index in [1.807, 2.05) is 0 Å². The normalized spacial score (nSPS) is 20.9. The van der Waals surface area contributed by atoms with Crippen LogP contribution in [-0.4, -0.2) is 12.8 Å². The van der Waals surface area contributed by atoms with Crippen molar-refractivity contribution >= 4 is 15.9 Å². The highest BCUT2D eigenvalue weighted by molar-refractivity contribution is 9.10. The van der Waals surface area contributed by atoms with E-state index in [9.17, 15) is 0 Å². The SMILES string of the molecule is CCc1c(C2(C(C)N)CC2)cc2c(c1Br)OCO2. The lowest BCUT2D eigenvalue weighted by atomic mass is 9.85. The minimum atomic E-state index is 0.148. The molecule has 1 atom stereocenters. The summed E-state index contributed by atoms with van der Waals surface area (Å²) in [6.07, 6.45) is 3.31. The Morgan fingerprint density at radius 3 is 2.72 bits per heavy atom. The molecule has 0 aromatic heterocycles. The van der Waals surface area contributed by atoms with Gasteiger partial charge < -0.3 is 15.2 Å². The van der Waals surface area contributed by atoms with E-state index in [4.69, 9.17) is 15.2 Å². The van der Waals surface area contributed by atoms with Gasteiger partial charge in [0.1, 0.15) is 0 Å². The van der Waals surface area contributed by atoms with Gasteiger partial charge in [-0.1, -0.05) is 6.92 Å². The monoisotopic (exact) mass is 311 g/mol. The lowest BCUT2D eigenvalue weighted by Gasteiger charge is -2.24. The summed E-state index contributed by atoms with van der Waals surface area (Å²) in [7, 11) is 0. The molecule has 1 aromatic rings. The van der Waals surface area contributed by atoms with Gasteiger partial charge in [-0.05, 0) is 59.3 Å². The molecule has 2 N–H and O–H groups in total. The Hall–Kier alpha value is -0.740. The zero-order chi connectivity index (χ0) is 12.9. The van der Waals surface area contributed by atoms with Crippen molar-refractivity contribution in [2.75, 3.05) is 6.79 Å². The predicted octanol–water partition coefficient (Wildman–Crippen LogP) is 3.12. The zero-order valence-corrected chi connectivity index (χ0v) is 12.3. The number of hydrogen-bond acceptors (Lipinski definition) is 3. The van der Waals surface area contributed by atoms with E-state index in [2.05, 4.69) is 35.8 Å². The van der Waals surface area contributed by atoms with Gasteiger partial charge in [-0.15, -0.1) is 0 Å². The summed E-state index contributed by atoms with van der Waals surface area (Å²) in [4.78, 5) is 0. The molecule has 1 aliphatic carbocycles. The van der Waals surface area contributed by atoms with Gasteiger partial charge in [0.05, 0.1) is 4.47 Å². The van der Waals surface area contributed by atoms with E-state index >= 15 is 0 Å². The molecule has 98 valence electrons. The zero-order valence-electron chi connectivity index (χ0n) is 10.8. The van der Waals surface area contributed by atoms with Crippen molar-refractivity contribution in [3.05, 3.63) is 21.7 Å². The minimum absolute atomic E-state index is 0.148. The average Bonchev–Trinajstić information content (AvgIpc) is 3.02. The van der Waals surface area contributed by atoms with Crippen LogP contribution in [0.2, 0.25) is 0 Å². The molecule has 0 radical (unpaired) electrons.